The van der Waals surface area contributed by atoms with Crippen molar-refractivity contribution >= 4 is 40.1 Å². The number of amides is 2. The van der Waals surface area contributed by atoms with Crippen molar-refractivity contribution in [2.45, 2.75) is 13.0 Å². The number of nitrogens with zero attached hydrogens (tertiary/aromatic N) is 3. The molecule has 0 bridgehead atoms. The van der Waals surface area contributed by atoms with Crippen LogP contribution in [-0.4, -0.2) is 70.2 Å². The van der Waals surface area contributed by atoms with E-state index in [1.807, 2.05) is 25.1 Å². The van der Waals surface area contributed by atoms with E-state index in [4.69, 9.17) is 16.3 Å². The second-order valence-electron chi connectivity index (χ2n) is 7.36. The maximum absolute atomic E-state index is 13.0. The average Bonchev–Trinajstić information content (AvgIpc) is 3.24. The number of methoxy groups -OCH3 is 1. The Hall–Kier alpha value is -3.39. The molecule has 31 heavy (non-hydrogen) atoms. The number of fused-ring (bicyclic) bond motifs is 1. The number of ether oxygens (including phenoxy) is 1. The van der Waals surface area contributed by atoms with E-state index in [-0.39, 0.29) is 35.8 Å². The highest BCUT2D eigenvalue weighted by molar-refractivity contribution is 6.45. The van der Waals surface area contributed by atoms with Crippen LogP contribution in [0.5, 0.6) is 5.75 Å². The number of aromatic amines is 1. The van der Waals surface area contributed by atoms with Gasteiger partial charge in [-0.1, -0.05) is 29.8 Å². The number of halogens is 1. The SMILES string of the molecule is COc1cnc(Cl)c2[nH]cc(C(=O)C(=O)N3CCN(C(=O)c4ccccc4)[C@H](C)C3)c12. The first-order chi connectivity index (χ1) is 14.9. The molecule has 1 fully saturated rings. The minimum atomic E-state index is -0.665. The number of carbonyl (C=O) groups is 3. The molecule has 3 aromatic rings. The summed E-state index contributed by atoms with van der Waals surface area (Å²) < 4.78 is 5.29. The smallest absolute Gasteiger partial charge is 0.295 e. The molecule has 1 aromatic carbocycles. The zero-order chi connectivity index (χ0) is 22.1. The maximum atomic E-state index is 13.0. The molecule has 1 aliphatic rings. The summed E-state index contributed by atoms with van der Waals surface area (Å²) in [4.78, 5) is 48.9. The molecule has 4 rings (SSSR count). The fraction of sp³-hybridized carbons (Fsp3) is 0.273. The van der Waals surface area contributed by atoms with E-state index >= 15 is 0 Å². The Morgan fingerprint density at radius 1 is 1.19 bits per heavy atom. The molecule has 3 heterocycles. The Bertz CT molecular complexity index is 1160. The maximum Gasteiger partial charge on any atom is 0.295 e. The van der Waals surface area contributed by atoms with Crippen LogP contribution < -0.4 is 4.74 Å². The largest absolute Gasteiger partial charge is 0.494 e. The molecule has 0 spiro atoms. The van der Waals surface area contributed by atoms with Crippen LogP contribution in [0.1, 0.15) is 27.6 Å². The Morgan fingerprint density at radius 2 is 1.94 bits per heavy atom. The normalized spacial score (nSPS) is 16.4. The van der Waals surface area contributed by atoms with E-state index in [0.717, 1.165) is 0 Å². The van der Waals surface area contributed by atoms with Crippen LogP contribution >= 0.6 is 11.6 Å². The van der Waals surface area contributed by atoms with Gasteiger partial charge in [0.15, 0.2) is 5.15 Å². The molecule has 2 aromatic heterocycles. The number of ketones is 1. The van der Waals surface area contributed by atoms with Gasteiger partial charge in [-0.15, -0.1) is 0 Å². The molecule has 9 heteroatoms. The number of carbonyl (C=O) groups excluding carboxylic acids is 3. The highest BCUT2D eigenvalue weighted by atomic mass is 35.5. The summed E-state index contributed by atoms with van der Waals surface area (Å²) in [7, 11) is 1.46. The Morgan fingerprint density at radius 3 is 2.61 bits per heavy atom. The first kappa shape index (κ1) is 20.9. The Balaban J connectivity index is 1.52. The average molecular weight is 441 g/mol. The van der Waals surface area contributed by atoms with E-state index in [2.05, 4.69) is 9.97 Å². The van der Waals surface area contributed by atoms with Gasteiger partial charge in [-0.2, -0.15) is 0 Å². The fourth-order valence-electron chi connectivity index (χ4n) is 3.87. The molecule has 0 radical (unpaired) electrons. The molecular weight excluding hydrogens is 420 g/mol. The van der Waals surface area contributed by atoms with Gasteiger partial charge in [0.25, 0.3) is 17.6 Å². The van der Waals surface area contributed by atoms with E-state index < -0.39 is 11.7 Å². The van der Waals surface area contributed by atoms with Gasteiger partial charge in [0.05, 0.1) is 29.8 Å². The number of aromatic nitrogens is 2. The molecule has 8 nitrogen and oxygen atoms in total. The predicted molar refractivity (Wildman–Crippen MR) is 116 cm³/mol. The minimum absolute atomic E-state index is 0.0879. The first-order valence-corrected chi connectivity index (χ1v) is 10.2. The van der Waals surface area contributed by atoms with E-state index in [1.165, 1.54) is 24.4 Å². The summed E-state index contributed by atoms with van der Waals surface area (Å²) in [5.74, 6) is -1.03. The summed E-state index contributed by atoms with van der Waals surface area (Å²) in [6.45, 7) is 2.76. The number of rotatable bonds is 4. The van der Waals surface area contributed by atoms with Crippen molar-refractivity contribution in [1.82, 2.24) is 19.8 Å². The molecule has 1 N–H and O–H groups in total. The summed E-state index contributed by atoms with van der Waals surface area (Å²) in [6, 6.07) is 8.78. The zero-order valence-electron chi connectivity index (χ0n) is 17.1. The van der Waals surface area contributed by atoms with Crippen molar-refractivity contribution in [1.29, 1.82) is 0 Å². The van der Waals surface area contributed by atoms with Gasteiger partial charge in [-0.25, -0.2) is 4.98 Å². The number of H-pyrrole nitrogens is 1. The second kappa shape index (κ2) is 8.39. The standard InChI is InChI=1S/C22H21ClN4O4/c1-13-12-26(8-9-27(13)21(29)14-6-4-3-5-7-14)22(30)19(28)15-10-24-18-17(15)16(31-2)11-25-20(18)23/h3-7,10-11,13,24H,8-9,12H2,1-2H3/t13-/m1/s1. The first-order valence-electron chi connectivity index (χ1n) is 9.81. The van der Waals surface area contributed by atoms with Crippen LogP contribution in [0.4, 0.5) is 0 Å². The number of benzene rings is 1. The third-order valence-corrected chi connectivity index (χ3v) is 5.77. The molecular formula is C22H21ClN4O4. The van der Waals surface area contributed by atoms with Gasteiger partial charge in [0.2, 0.25) is 0 Å². The molecule has 0 aliphatic carbocycles. The van der Waals surface area contributed by atoms with Crippen LogP contribution in [0.3, 0.4) is 0 Å². The third-order valence-electron chi connectivity index (χ3n) is 5.48. The van der Waals surface area contributed by atoms with E-state index in [0.29, 0.717) is 28.8 Å². The van der Waals surface area contributed by atoms with Gasteiger partial charge in [-0.3, -0.25) is 14.4 Å². The summed E-state index contributed by atoms with van der Waals surface area (Å²) in [5, 5.41) is 0.607. The fourth-order valence-corrected chi connectivity index (χ4v) is 4.07. The number of Topliss-reactive ketones (excluding diaryl/α,β-unsaturated/α-hetero) is 1. The lowest BCUT2D eigenvalue weighted by atomic mass is 10.1. The van der Waals surface area contributed by atoms with Gasteiger partial charge >= 0.3 is 0 Å². The summed E-state index contributed by atoms with van der Waals surface area (Å²) in [6.07, 6.45) is 2.86. The van der Waals surface area contributed by atoms with Crippen LogP contribution in [0.15, 0.2) is 42.7 Å². The Kier molecular flexibility index (Phi) is 5.65. The lowest BCUT2D eigenvalue weighted by Gasteiger charge is -2.39. The predicted octanol–water partition coefficient (Wildman–Crippen LogP) is 2.78. The molecule has 1 saturated heterocycles. The van der Waals surface area contributed by atoms with Crippen LogP contribution in [0, 0.1) is 0 Å². The highest BCUT2D eigenvalue weighted by Gasteiger charge is 2.34. The third kappa shape index (κ3) is 3.74. The van der Waals surface area contributed by atoms with Crippen molar-refractivity contribution in [2.75, 3.05) is 26.7 Å². The topological polar surface area (TPSA) is 95.6 Å². The van der Waals surface area contributed by atoms with Crippen molar-refractivity contribution in [3.8, 4) is 5.75 Å². The number of pyridine rings is 1. The molecule has 160 valence electrons. The van der Waals surface area contributed by atoms with E-state index in [1.54, 1.807) is 17.0 Å². The molecule has 1 atom stereocenters. The quantitative estimate of drug-likeness (QED) is 0.382. The molecule has 0 unspecified atom stereocenters. The Labute approximate surface area is 183 Å². The van der Waals surface area contributed by atoms with Gasteiger partial charge in [0.1, 0.15) is 5.75 Å². The van der Waals surface area contributed by atoms with Crippen molar-refractivity contribution in [3.05, 3.63) is 59.0 Å². The lowest BCUT2D eigenvalue weighted by Crippen LogP contribution is -2.56. The van der Waals surface area contributed by atoms with Crippen molar-refractivity contribution in [2.24, 2.45) is 0 Å². The molecule has 1 aliphatic heterocycles. The van der Waals surface area contributed by atoms with Crippen molar-refractivity contribution in [3.63, 3.8) is 0 Å². The van der Waals surface area contributed by atoms with E-state index in [9.17, 15) is 14.4 Å². The number of nitrogens with one attached hydrogen (secondary N) is 1. The highest BCUT2D eigenvalue weighted by Crippen LogP contribution is 2.32. The zero-order valence-corrected chi connectivity index (χ0v) is 17.8. The van der Waals surface area contributed by atoms with Gasteiger partial charge in [0, 0.05) is 37.4 Å². The minimum Gasteiger partial charge on any atom is -0.494 e. The monoisotopic (exact) mass is 440 g/mol. The second-order valence-corrected chi connectivity index (χ2v) is 7.72. The number of hydrogen-bond donors (Lipinski definition) is 1. The van der Waals surface area contributed by atoms with Gasteiger partial charge in [-0.05, 0) is 19.1 Å². The van der Waals surface area contributed by atoms with Crippen molar-refractivity contribution < 1.29 is 19.1 Å². The summed E-state index contributed by atoms with van der Waals surface area (Å²) >= 11 is 6.11. The van der Waals surface area contributed by atoms with Crippen LogP contribution in [-0.2, 0) is 4.79 Å². The molecule has 0 saturated carbocycles. The molecule has 2 amide bonds. The number of piperazine rings is 1. The lowest BCUT2D eigenvalue weighted by molar-refractivity contribution is -0.128. The number of hydrogen-bond acceptors (Lipinski definition) is 5. The van der Waals surface area contributed by atoms with Gasteiger partial charge < -0.3 is 19.5 Å². The van der Waals surface area contributed by atoms with Crippen LogP contribution in [0.2, 0.25) is 5.15 Å². The summed E-state index contributed by atoms with van der Waals surface area (Å²) in [5.41, 5.74) is 1.21. The van der Waals surface area contributed by atoms with Crippen LogP contribution in [0.25, 0.3) is 10.9 Å².